The van der Waals surface area contributed by atoms with Gasteiger partial charge in [-0.05, 0) is 89.3 Å². The van der Waals surface area contributed by atoms with E-state index < -0.39 is 0 Å². The summed E-state index contributed by atoms with van der Waals surface area (Å²) in [5, 5.41) is 20.9. The second-order valence-electron chi connectivity index (χ2n) is 9.03. The molecule has 3 heteroatoms. The molecule has 1 aromatic heterocycles. The predicted molar refractivity (Wildman–Crippen MR) is 146 cm³/mol. The van der Waals surface area contributed by atoms with Crippen LogP contribution >= 0.6 is 0 Å². The van der Waals surface area contributed by atoms with Gasteiger partial charge < -0.3 is 4.57 Å². The summed E-state index contributed by atoms with van der Waals surface area (Å²) in [6.45, 7) is 2.11. The molecule has 0 aliphatic rings. The Morgan fingerprint density at radius 1 is 0.528 bits per heavy atom. The Bertz CT molecular complexity index is 1790. The van der Waals surface area contributed by atoms with Crippen molar-refractivity contribution in [3.63, 3.8) is 0 Å². The van der Waals surface area contributed by atoms with E-state index in [0.29, 0.717) is 11.1 Å². The summed E-state index contributed by atoms with van der Waals surface area (Å²) in [4.78, 5) is 0. The summed E-state index contributed by atoms with van der Waals surface area (Å²) in [5.41, 5.74) is 10.1. The standard InChI is InChI=1S/C33H21N3/c1-22-14-28(27-9-5-8-26(18-27)25-6-3-2-4-7-25)19-29(15-22)36-32-12-10-23(20-34)16-30(32)31-17-24(21-35)11-13-33(31)36/h2-19H,1H3. The second-order valence-corrected chi connectivity index (χ2v) is 9.03. The highest BCUT2D eigenvalue weighted by atomic mass is 15.0. The van der Waals surface area contributed by atoms with Gasteiger partial charge in [-0.15, -0.1) is 0 Å². The van der Waals surface area contributed by atoms with Gasteiger partial charge in [-0.2, -0.15) is 10.5 Å². The molecule has 0 spiro atoms. The zero-order valence-corrected chi connectivity index (χ0v) is 19.7. The van der Waals surface area contributed by atoms with Crippen molar-refractivity contribution < 1.29 is 0 Å². The molecule has 6 rings (SSSR count). The molecule has 0 N–H and O–H groups in total. The van der Waals surface area contributed by atoms with Crippen molar-refractivity contribution in [2.45, 2.75) is 6.92 Å². The van der Waals surface area contributed by atoms with Crippen molar-refractivity contribution in [3.8, 4) is 40.1 Å². The molecule has 0 fully saturated rings. The highest BCUT2D eigenvalue weighted by Gasteiger charge is 2.15. The van der Waals surface area contributed by atoms with E-state index in [0.717, 1.165) is 44.2 Å². The van der Waals surface area contributed by atoms with Gasteiger partial charge in [0.1, 0.15) is 0 Å². The summed E-state index contributed by atoms with van der Waals surface area (Å²) in [7, 11) is 0. The topological polar surface area (TPSA) is 52.5 Å². The zero-order chi connectivity index (χ0) is 24.6. The van der Waals surface area contributed by atoms with Gasteiger partial charge in [0.25, 0.3) is 0 Å². The van der Waals surface area contributed by atoms with Crippen LogP contribution < -0.4 is 0 Å². The van der Waals surface area contributed by atoms with Gasteiger partial charge in [-0.25, -0.2) is 0 Å². The molecule has 0 amide bonds. The fourth-order valence-electron chi connectivity index (χ4n) is 5.01. The van der Waals surface area contributed by atoms with Crippen LogP contribution in [0.1, 0.15) is 16.7 Å². The second kappa shape index (κ2) is 8.58. The van der Waals surface area contributed by atoms with Crippen molar-refractivity contribution in [2.24, 2.45) is 0 Å². The summed E-state index contributed by atoms with van der Waals surface area (Å²) in [5.74, 6) is 0. The predicted octanol–water partition coefficient (Wildman–Crippen LogP) is 8.17. The van der Waals surface area contributed by atoms with Crippen LogP contribution in [0, 0.1) is 29.6 Å². The molecule has 0 saturated heterocycles. The van der Waals surface area contributed by atoms with Crippen molar-refractivity contribution in [1.82, 2.24) is 4.57 Å². The molecular formula is C33H21N3. The fourth-order valence-corrected chi connectivity index (χ4v) is 5.01. The number of nitrogens with zero attached hydrogens (tertiary/aromatic N) is 3. The normalized spacial score (nSPS) is 10.9. The van der Waals surface area contributed by atoms with Crippen LogP contribution in [0.15, 0.2) is 109 Å². The molecule has 0 saturated carbocycles. The van der Waals surface area contributed by atoms with Gasteiger partial charge in [-0.3, -0.25) is 0 Å². The SMILES string of the molecule is Cc1cc(-c2cccc(-c3ccccc3)c2)cc(-n2c3ccc(C#N)cc3c3cc(C#N)ccc32)c1. The molecular weight excluding hydrogens is 438 g/mol. The molecule has 0 unspecified atom stereocenters. The third-order valence-electron chi connectivity index (χ3n) is 6.65. The Hall–Kier alpha value is -5.12. The first-order valence-corrected chi connectivity index (χ1v) is 11.8. The van der Waals surface area contributed by atoms with Crippen LogP contribution in [0.4, 0.5) is 0 Å². The van der Waals surface area contributed by atoms with Crippen molar-refractivity contribution in [1.29, 1.82) is 10.5 Å². The molecule has 0 aliphatic carbocycles. The summed E-state index contributed by atoms with van der Waals surface area (Å²) >= 11 is 0. The summed E-state index contributed by atoms with van der Waals surface area (Å²) in [6.07, 6.45) is 0. The van der Waals surface area contributed by atoms with Crippen LogP contribution in [-0.4, -0.2) is 4.57 Å². The van der Waals surface area contributed by atoms with Gasteiger partial charge in [0.05, 0.1) is 34.3 Å². The maximum atomic E-state index is 9.49. The molecule has 0 atom stereocenters. The van der Waals surface area contributed by atoms with Gasteiger partial charge in [0.2, 0.25) is 0 Å². The minimum atomic E-state index is 0.603. The third-order valence-corrected chi connectivity index (χ3v) is 6.65. The van der Waals surface area contributed by atoms with E-state index >= 15 is 0 Å². The molecule has 6 aromatic rings. The average molecular weight is 460 g/mol. The minimum Gasteiger partial charge on any atom is -0.309 e. The van der Waals surface area contributed by atoms with Crippen LogP contribution in [0.2, 0.25) is 0 Å². The van der Waals surface area contributed by atoms with Gasteiger partial charge >= 0.3 is 0 Å². The van der Waals surface area contributed by atoms with E-state index in [1.807, 2.05) is 42.5 Å². The lowest BCUT2D eigenvalue weighted by atomic mass is 9.97. The smallest absolute Gasteiger partial charge is 0.0991 e. The van der Waals surface area contributed by atoms with Crippen LogP contribution in [0.3, 0.4) is 0 Å². The highest BCUT2D eigenvalue weighted by Crippen LogP contribution is 2.35. The van der Waals surface area contributed by atoms with Gasteiger partial charge in [0.15, 0.2) is 0 Å². The first-order valence-electron chi connectivity index (χ1n) is 11.8. The lowest BCUT2D eigenvalue weighted by Gasteiger charge is -2.13. The lowest BCUT2D eigenvalue weighted by Crippen LogP contribution is -1.96. The Morgan fingerprint density at radius 2 is 1.11 bits per heavy atom. The first kappa shape index (κ1) is 21.4. The van der Waals surface area contributed by atoms with Crippen LogP contribution in [0.5, 0.6) is 0 Å². The van der Waals surface area contributed by atoms with Crippen molar-refractivity contribution in [2.75, 3.05) is 0 Å². The summed E-state index contributed by atoms with van der Waals surface area (Å²) in [6, 6.07) is 41.7. The van der Waals surface area contributed by atoms with Gasteiger partial charge in [0, 0.05) is 16.5 Å². The first-order chi connectivity index (χ1) is 17.6. The zero-order valence-electron chi connectivity index (χ0n) is 19.7. The molecule has 36 heavy (non-hydrogen) atoms. The molecule has 3 nitrogen and oxygen atoms in total. The number of benzene rings is 5. The van der Waals surface area contributed by atoms with E-state index in [-0.39, 0.29) is 0 Å². The van der Waals surface area contributed by atoms with E-state index in [1.165, 1.54) is 11.1 Å². The van der Waals surface area contributed by atoms with E-state index in [4.69, 9.17) is 0 Å². The van der Waals surface area contributed by atoms with E-state index in [9.17, 15) is 10.5 Å². The largest absolute Gasteiger partial charge is 0.309 e. The van der Waals surface area contributed by atoms with Crippen LogP contribution in [0.25, 0.3) is 49.7 Å². The molecule has 5 aromatic carbocycles. The number of nitriles is 2. The van der Waals surface area contributed by atoms with Crippen molar-refractivity contribution >= 4 is 21.8 Å². The fraction of sp³-hybridized carbons (Fsp3) is 0.0303. The van der Waals surface area contributed by atoms with Gasteiger partial charge in [-0.1, -0.05) is 54.6 Å². The Balaban J connectivity index is 1.58. The summed E-state index contributed by atoms with van der Waals surface area (Å²) < 4.78 is 2.23. The number of rotatable bonds is 3. The Morgan fingerprint density at radius 3 is 1.72 bits per heavy atom. The lowest BCUT2D eigenvalue weighted by molar-refractivity contribution is 1.17. The molecule has 1 heterocycles. The number of aromatic nitrogens is 1. The molecule has 0 radical (unpaired) electrons. The monoisotopic (exact) mass is 459 g/mol. The van der Waals surface area contributed by atoms with E-state index in [1.54, 1.807) is 0 Å². The maximum absolute atomic E-state index is 9.49. The number of hydrogen-bond donors (Lipinski definition) is 0. The minimum absolute atomic E-state index is 0.603. The Kier molecular flexibility index (Phi) is 5.11. The van der Waals surface area contributed by atoms with E-state index in [2.05, 4.69) is 90.4 Å². The quantitative estimate of drug-likeness (QED) is 0.268. The molecule has 168 valence electrons. The maximum Gasteiger partial charge on any atom is 0.0991 e. The van der Waals surface area contributed by atoms with Crippen LogP contribution in [-0.2, 0) is 0 Å². The number of aryl methyl sites for hydroxylation is 1. The number of hydrogen-bond acceptors (Lipinski definition) is 2. The molecule has 0 aliphatic heterocycles. The average Bonchev–Trinajstić information content (AvgIpc) is 3.26. The highest BCUT2D eigenvalue weighted by molar-refractivity contribution is 6.10. The number of fused-ring (bicyclic) bond motifs is 3. The molecule has 0 bridgehead atoms. The van der Waals surface area contributed by atoms with Crippen molar-refractivity contribution in [3.05, 3.63) is 126 Å². The Labute approximate surface area is 209 Å². The third kappa shape index (κ3) is 3.61.